The van der Waals surface area contributed by atoms with Crippen LogP contribution in [0.15, 0.2) is 6.07 Å². The standard InChI is InChI=1S/C10H18N6S/c11-10-14-8(5-9(15-10)16-12)13-6-7-3-1-2-4-17-7/h5,7H,1-4,6,12H2,(H4,11,13,14,15,16). The molecule has 0 bridgehead atoms. The van der Waals surface area contributed by atoms with E-state index in [0.29, 0.717) is 11.1 Å². The number of hydrogen-bond donors (Lipinski definition) is 4. The Morgan fingerprint density at radius 2 is 2.18 bits per heavy atom. The quantitative estimate of drug-likeness (QED) is 0.470. The SMILES string of the molecule is NNc1cc(NCC2CCCCS2)nc(N)n1. The molecule has 1 atom stereocenters. The third kappa shape index (κ3) is 3.64. The lowest BCUT2D eigenvalue weighted by Crippen LogP contribution is -2.21. The van der Waals surface area contributed by atoms with E-state index in [-0.39, 0.29) is 5.95 Å². The predicted molar refractivity (Wildman–Crippen MR) is 72.8 cm³/mol. The number of hydrazine groups is 1. The molecule has 6 nitrogen and oxygen atoms in total. The van der Waals surface area contributed by atoms with Crippen LogP contribution in [-0.2, 0) is 0 Å². The molecule has 94 valence electrons. The van der Waals surface area contributed by atoms with Crippen molar-refractivity contribution >= 4 is 29.3 Å². The van der Waals surface area contributed by atoms with Crippen molar-refractivity contribution in [2.24, 2.45) is 5.84 Å². The summed E-state index contributed by atoms with van der Waals surface area (Å²) in [5.41, 5.74) is 8.05. The van der Waals surface area contributed by atoms with Crippen LogP contribution in [0.5, 0.6) is 0 Å². The van der Waals surface area contributed by atoms with Gasteiger partial charge in [0.05, 0.1) is 0 Å². The molecule has 0 spiro atoms. The predicted octanol–water partition coefficient (Wildman–Crippen LogP) is 1.04. The summed E-state index contributed by atoms with van der Waals surface area (Å²) in [6, 6.07) is 1.75. The highest BCUT2D eigenvalue weighted by atomic mass is 32.2. The molecular formula is C10H18N6S. The van der Waals surface area contributed by atoms with Gasteiger partial charge in [-0.2, -0.15) is 21.7 Å². The van der Waals surface area contributed by atoms with E-state index in [1.807, 2.05) is 11.8 Å². The van der Waals surface area contributed by atoms with E-state index >= 15 is 0 Å². The maximum absolute atomic E-state index is 5.58. The highest BCUT2D eigenvalue weighted by Crippen LogP contribution is 2.25. The van der Waals surface area contributed by atoms with Gasteiger partial charge < -0.3 is 16.5 Å². The average Bonchev–Trinajstić information content (AvgIpc) is 2.37. The van der Waals surface area contributed by atoms with Gasteiger partial charge in [-0.3, -0.25) is 0 Å². The monoisotopic (exact) mass is 254 g/mol. The number of thioether (sulfide) groups is 1. The fraction of sp³-hybridized carbons (Fsp3) is 0.600. The van der Waals surface area contributed by atoms with Gasteiger partial charge in [-0.15, -0.1) is 0 Å². The van der Waals surface area contributed by atoms with E-state index in [2.05, 4.69) is 20.7 Å². The third-order valence-electron chi connectivity index (χ3n) is 2.68. The molecule has 0 aliphatic carbocycles. The van der Waals surface area contributed by atoms with Gasteiger partial charge in [-0.25, -0.2) is 5.84 Å². The molecule has 1 aliphatic rings. The fourth-order valence-electron chi connectivity index (χ4n) is 1.82. The summed E-state index contributed by atoms with van der Waals surface area (Å²) in [6.07, 6.45) is 3.92. The van der Waals surface area contributed by atoms with E-state index in [1.54, 1.807) is 6.07 Å². The number of anilines is 3. The van der Waals surface area contributed by atoms with Crippen LogP contribution in [0, 0.1) is 0 Å². The van der Waals surface area contributed by atoms with Crippen molar-refractivity contribution in [1.29, 1.82) is 0 Å². The Morgan fingerprint density at radius 3 is 2.88 bits per heavy atom. The third-order valence-corrected chi connectivity index (χ3v) is 4.07. The van der Waals surface area contributed by atoms with Gasteiger partial charge >= 0.3 is 0 Å². The smallest absolute Gasteiger partial charge is 0.223 e. The maximum atomic E-state index is 5.58. The zero-order chi connectivity index (χ0) is 12.1. The molecule has 0 amide bonds. The zero-order valence-electron chi connectivity index (χ0n) is 9.65. The number of aromatic nitrogens is 2. The molecule has 7 heteroatoms. The minimum atomic E-state index is 0.222. The summed E-state index contributed by atoms with van der Waals surface area (Å²) in [7, 11) is 0. The van der Waals surface area contributed by atoms with Gasteiger partial charge in [-0.05, 0) is 18.6 Å². The van der Waals surface area contributed by atoms with Crippen LogP contribution in [0.2, 0.25) is 0 Å². The lowest BCUT2D eigenvalue weighted by atomic mass is 10.2. The Morgan fingerprint density at radius 1 is 1.35 bits per heavy atom. The second-order valence-corrected chi connectivity index (χ2v) is 5.42. The lowest BCUT2D eigenvalue weighted by Gasteiger charge is -2.21. The minimum Gasteiger partial charge on any atom is -0.369 e. The first kappa shape index (κ1) is 12.3. The molecule has 0 aromatic carbocycles. The molecule has 1 saturated heterocycles. The van der Waals surface area contributed by atoms with E-state index in [0.717, 1.165) is 12.4 Å². The largest absolute Gasteiger partial charge is 0.369 e. The van der Waals surface area contributed by atoms with Gasteiger partial charge in [0.25, 0.3) is 0 Å². The molecule has 6 N–H and O–H groups in total. The molecular weight excluding hydrogens is 236 g/mol. The minimum absolute atomic E-state index is 0.222. The second-order valence-electron chi connectivity index (χ2n) is 4.01. The van der Waals surface area contributed by atoms with E-state index < -0.39 is 0 Å². The summed E-state index contributed by atoms with van der Waals surface area (Å²) in [5, 5.41) is 3.94. The van der Waals surface area contributed by atoms with Crippen molar-refractivity contribution in [3.05, 3.63) is 6.07 Å². The highest BCUT2D eigenvalue weighted by molar-refractivity contribution is 7.99. The first-order chi connectivity index (χ1) is 8.28. The van der Waals surface area contributed by atoms with E-state index in [4.69, 9.17) is 11.6 Å². The number of nitrogens with zero attached hydrogens (tertiary/aromatic N) is 2. The van der Waals surface area contributed by atoms with Gasteiger partial charge in [0, 0.05) is 17.9 Å². The Bertz CT molecular complexity index is 366. The first-order valence-corrected chi connectivity index (χ1v) is 6.79. The molecule has 17 heavy (non-hydrogen) atoms. The zero-order valence-corrected chi connectivity index (χ0v) is 10.5. The lowest BCUT2D eigenvalue weighted by molar-refractivity contribution is 0.677. The van der Waals surface area contributed by atoms with Crippen molar-refractivity contribution in [2.45, 2.75) is 24.5 Å². The second kappa shape index (κ2) is 5.92. The molecule has 2 rings (SSSR count). The molecule has 2 heterocycles. The summed E-state index contributed by atoms with van der Waals surface area (Å²) in [6.45, 7) is 0.908. The van der Waals surface area contributed by atoms with Crippen LogP contribution in [-0.4, -0.2) is 27.5 Å². The number of nitrogen functional groups attached to an aromatic ring is 2. The Kier molecular flexibility index (Phi) is 4.27. The molecule has 1 unspecified atom stereocenters. The van der Waals surface area contributed by atoms with Gasteiger partial charge in [0.1, 0.15) is 11.6 Å². The topological polar surface area (TPSA) is 102 Å². The van der Waals surface area contributed by atoms with Gasteiger partial charge in [0.15, 0.2) is 0 Å². The Hall–Kier alpha value is -1.21. The number of nitrogens with one attached hydrogen (secondary N) is 2. The van der Waals surface area contributed by atoms with E-state index in [1.165, 1.54) is 25.0 Å². The normalized spacial score (nSPS) is 19.9. The number of nitrogens with two attached hydrogens (primary N) is 2. The summed E-state index contributed by atoms with van der Waals surface area (Å²) >= 11 is 2.02. The Balaban J connectivity index is 1.91. The van der Waals surface area contributed by atoms with Crippen LogP contribution >= 0.6 is 11.8 Å². The first-order valence-electron chi connectivity index (χ1n) is 5.74. The van der Waals surface area contributed by atoms with Crippen LogP contribution in [0.25, 0.3) is 0 Å². The highest BCUT2D eigenvalue weighted by Gasteiger charge is 2.13. The van der Waals surface area contributed by atoms with Crippen LogP contribution in [0.1, 0.15) is 19.3 Å². The molecule has 1 aromatic rings. The van der Waals surface area contributed by atoms with Crippen LogP contribution in [0.4, 0.5) is 17.6 Å². The van der Waals surface area contributed by atoms with Crippen molar-refractivity contribution in [1.82, 2.24) is 9.97 Å². The van der Waals surface area contributed by atoms with E-state index in [9.17, 15) is 0 Å². The van der Waals surface area contributed by atoms with Crippen molar-refractivity contribution in [3.63, 3.8) is 0 Å². The van der Waals surface area contributed by atoms with Crippen molar-refractivity contribution in [3.8, 4) is 0 Å². The molecule has 0 saturated carbocycles. The summed E-state index contributed by atoms with van der Waals surface area (Å²) in [5.74, 6) is 8.02. The molecule has 0 radical (unpaired) electrons. The van der Waals surface area contributed by atoms with Crippen LogP contribution < -0.4 is 22.3 Å². The number of rotatable bonds is 4. The van der Waals surface area contributed by atoms with Gasteiger partial charge in [0.2, 0.25) is 5.95 Å². The summed E-state index contributed by atoms with van der Waals surface area (Å²) < 4.78 is 0. The van der Waals surface area contributed by atoms with Crippen molar-refractivity contribution < 1.29 is 0 Å². The summed E-state index contributed by atoms with van der Waals surface area (Å²) in [4.78, 5) is 8.05. The van der Waals surface area contributed by atoms with Crippen LogP contribution in [0.3, 0.4) is 0 Å². The number of hydrogen-bond acceptors (Lipinski definition) is 7. The Labute approximate surface area is 105 Å². The fourth-order valence-corrected chi connectivity index (χ4v) is 3.06. The van der Waals surface area contributed by atoms with Crippen molar-refractivity contribution in [2.75, 3.05) is 28.8 Å². The molecule has 1 fully saturated rings. The average molecular weight is 254 g/mol. The van der Waals surface area contributed by atoms with Gasteiger partial charge in [-0.1, -0.05) is 6.42 Å². The molecule has 1 aromatic heterocycles. The maximum Gasteiger partial charge on any atom is 0.223 e. The molecule has 1 aliphatic heterocycles.